The Morgan fingerprint density at radius 3 is 2.84 bits per heavy atom. The average Bonchev–Trinajstić information content (AvgIpc) is 3.28. The number of fused-ring (bicyclic) bond motifs is 1. The first kappa shape index (κ1) is 17.2. The number of methoxy groups -OCH3 is 1. The standard InChI is InChI=1S/C16H17N3O5S/c1-8(15(21)22)19-7-6-10(18-19)13(20)17-14-12(16(23)24-2)9-4-3-5-11(9)25-14/h6-8H,3-5H2,1-2H3,(H,17,20)(H,21,22). The molecule has 0 saturated heterocycles. The lowest BCUT2D eigenvalue weighted by Crippen LogP contribution is -2.18. The van der Waals surface area contributed by atoms with E-state index in [4.69, 9.17) is 9.84 Å². The zero-order valence-corrected chi connectivity index (χ0v) is 14.6. The molecule has 9 heteroatoms. The molecular weight excluding hydrogens is 346 g/mol. The largest absolute Gasteiger partial charge is 0.480 e. The smallest absolute Gasteiger partial charge is 0.341 e. The van der Waals surface area contributed by atoms with E-state index in [2.05, 4.69) is 10.4 Å². The number of hydrogen-bond donors (Lipinski definition) is 2. The van der Waals surface area contributed by atoms with Crippen LogP contribution in [0.4, 0.5) is 5.00 Å². The zero-order chi connectivity index (χ0) is 18.1. The van der Waals surface area contributed by atoms with Gasteiger partial charge in [-0.25, -0.2) is 9.59 Å². The van der Waals surface area contributed by atoms with E-state index in [-0.39, 0.29) is 5.69 Å². The van der Waals surface area contributed by atoms with Crippen LogP contribution >= 0.6 is 11.3 Å². The van der Waals surface area contributed by atoms with Gasteiger partial charge in [-0.2, -0.15) is 5.10 Å². The van der Waals surface area contributed by atoms with Crippen molar-refractivity contribution in [1.29, 1.82) is 0 Å². The number of rotatable bonds is 5. The highest BCUT2D eigenvalue weighted by molar-refractivity contribution is 7.17. The van der Waals surface area contributed by atoms with Crippen molar-refractivity contribution in [2.45, 2.75) is 32.2 Å². The predicted octanol–water partition coefficient (Wildman–Crippen LogP) is 2.12. The molecule has 1 aliphatic carbocycles. The molecule has 132 valence electrons. The van der Waals surface area contributed by atoms with E-state index < -0.39 is 23.9 Å². The van der Waals surface area contributed by atoms with Gasteiger partial charge in [0.1, 0.15) is 11.0 Å². The average molecular weight is 363 g/mol. The van der Waals surface area contributed by atoms with Crippen LogP contribution in [0.2, 0.25) is 0 Å². The van der Waals surface area contributed by atoms with Crippen molar-refractivity contribution in [2.24, 2.45) is 0 Å². The number of aliphatic carboxylic acids is 1. The van der Waals surface area contributed by atoms with Gasteiger partial charge in [0.25, 0.3) is 5.91 Å². The minimum absolute atomic E-state index is 0.0810. The third kappa shape index (κ3) is 3.14. The van der Waals surface area contributed by atoms with E-state index in [0.717, 1.165) is 29.7 Å². The summed E-state index contributed by atoms with van der Waals surface area (Å²) < 4.78 is 6.04. The fourth-order valence-electron chi connectivity index (χ4n) is 2.77. The Hall–Kier alpha value is -2.68. The summed E-state index contributed by atoms with van der Waals surface area (Å²) in [5.41, 5.74) is 1.43. The molecule has 1 aliphatic rings. The lowest BCUT2D eigenvalue weighted by atomic mass is 10.1. The summed E-state index contributed by atoms with van der Waals surface area (Å²) in [4.78, 5) is 36.6. The zero-order valence-electron chi connectivity index (χ0n) is 13.7. The molecule has 2 heterocycles. The number of nitrogens with one attached hydrogen (secondary N) is 1. The van der Waals surface area contributed by atoms with Gasteiger partial charge >= 0.3 is 11.9 Å². The van der Waals surface area contributed by atoms with Crippen LogP contribution in [-0.2, 0) is 22.4 Å². The number of carboxylic acids is 1. The van der Waals surface area contributed by atoms with Crippen molar-refractivity contribution < 1.29 is 24.2 Å². The fourth-order valence-corrected chi connectivity index (χ4v) is 4.04. The molecule has 3 rings (SSSR count). The van der Waals surface area contributed by atoms with Gasteiger partial charge in [0.15, 0.2) is 5.69 Å². The molecule has 2 aromatic heterocycles. The third-order valence-electron chi connectivity index (χ3n) is 4.13. The highest BCUT2D eigenvalue weighted by Gasteiger charge is 2.28. The lowest BCUT2D eigenvalue weighted by Gasteiger charge is -2.07. The van der Waals surface area contributed by atoms with E-state index in [0.29, 0.717) is 10.6 Å². The molecule has 1 atom stereocenters. The number of aromatic nitrogens is 2. The van der Waals surface area contributed by atoms with Crippen LogP contribution in [0.1, 0.15) is 50.7 Å². The summed E-state index contributed by atoms with van der Waals surface area (Å²) in [6.45, 7) is 1.47. The molecular formula is C16H17N3O5S. The topological polar surface area (TPSA) is 111 Å². The first-order valence-corrected chi connectivity index (χ1v) is 8.56. The number of anilines is 1. The Morgan fingerprint density at radius 1 is 1.40 bits per heavy atom. The maximum Gasteiger partial charge on any atom is 0.341 e. The van der Waals surface area contributed by atoms with Gasteiger partial charge in [-0.05, 0) is 37.8 Å². The Balaban J connectivity index is 1.85. The van der Waals surface area contributed by atoms with Crippen LogP contribution in [0.15, 0.2) is 12.3 Å². The number of hydrogen-bond acceptors (Lipinski definition) is 6. The quantitative estimate of drug-likeness (QED) is 0.787. The number of carboxylic acid groups (broad SMARTS) is 1. The molecule has 8 nitrogen and oxygen atoms in total. The molecule has 0 bridgehead atoms. The Labute approximate surface area is 147 Å². The summed E-state index contributed by atoms with van der Waals surface area (Å²) in [7, 11) is 1.31. The summed E-state index contributed by atoms with van der Waals surface area (Å²) in [5.74, 6) is -2.01. The van der Waals surface area contributed by atoms with Crippen molar-refractivity contribution in [2.75, 3.05) is 12.4 Å². The molecule has 0 fully saturated rings. The maximum absolute atomic E-state index is 12.4. The van der Waals surface area contributed by atoms with Gasteiger partial charge < -0.3 is 15.2 Å². The molecule has 2 N–H and O–H groups in total. The van der Waals surface area contributed by atoms with Gasteiger partial charge in [0.05, 0.1) is 12.7 Å². The van der Waals surface area contributed by atoms with Gasteiger partial charge in [0.2, 0.25) is 0 Å². The van der Waals surface area contributed by atoms with Crippen LogP contribution in [0.3, 0.4) is 0 Å². The lowest BCUT2D eigenvalue weighted by molar-refractivity contribution is -0.140. The minimum atomic E-state index is -1.04. The Morgan fingerprint density at radius 2 is 2.16 bits per heavy atom. The highest BCUT2D eigenvalue weighted by Crippen LogP contribution is 2.39. The number of nitrogens with zero attached hydrogens (tertiary/aromatic N) is 2. The molecule has 0 spiro atoms. The molecule has 2 aromatic rings. The van der Waals surface area contributed by atoms with E-state index in [1.165, 1.54) is 42.3 Å². The molecule has 25 heavy (non-hydrogen) atoms. The summed E-state index contributed by atoms with van der Waals surface area (Å²) >= 11 is 1.37. The molecule has 1 amide bonds. The molecule has 0 saturated carbocycles. The second-order valence-corrected chi connectivity index (χ2v) is 6.81. The van der Waals surface area contributed by atoms with Crippen molar-refractivity contribution in [3.8, 4) is 0 Å². The number of esters is 1. The maximum atomic E-state index is 12.4. The molecule has 0 radical (unpaired) electrons. The number of ether oxygens (including phenoxy) is 1. The van der Waals surface area contributed by atoms with Crippen LogP contribution in [-0.4, -0.2) is 39.8 Å². The van der Waals surface area contributed by atoms with Crippen molar-refractivity contribution in [3.05, 3.63) is 34.0 Å². The number of carbonyl (C=O) groups excluding carboxylic acids is 2. The third-order valence-corrected chi connectivity index (χ3v) is 5.34. The van der Waals surface area contributed by atoms with E-state index >= 15 is 0 Å². The number of amides is 1. The monoisotopic (exact) mass is 363 g/mol. The number of carbonyl (C=O) groups is 3. The van der Waals surface area contributed by atoms with E-state index in [1.54, 1.807) is 0 Å². The van der Waals surface area contributed by atoms with Crippen LogP contribution in [0.5, 0.6) is 0 Å². The summed E-state index contributed by atoms with van der Waals surface area (Å²) in [6.07, 6.45) is 4.09. The SMILES string of the molecule is COC(=O)c1c(NC(=O)c2ccn(C(C)C(=O)O)n2)sc2c1CCC2. The van der Waals surface area contributed by atoms with Crippen LogP contribution in [0, 0.1) is 0 Å². The van der Waals surface area contributed by atoms with Crippen molar-refractivity contribution >= 4 is 34.2 Å². The second-order valence-electron chi connectivity index (χ2n) is 5.70. The highest BCUT2D eigenvalue weighted by atomic mass is 32.1. The molecule has 0 aliphatic heterocycles. The van der Waals surface area contributed by atoms with Gasteiger partial charge in [0, 0.05) is 11.1 Å². The van der Waals surface area contributed by atoms with Gasteiger partial charge in [-0.3, -0.25) is 9.48 Å². The minimum Gasteiger partial charge on any atom is -0.480 e. The van der Waals surface area contributed by atoms with E-state index in [9.17, 15) is 14.4 Å². The van der Waals surface area contributed by atoms with Gasteiger partial charge in [-0.15, -0.1) is 11.3 Å². The second kappa shape index (κ2) is 6.67. The molecule has 1 unspecified atom stereocenters. The van der Waals surface area contributed by atoms with Crippen molar-refractivity contribution in [3.63, 3.8) is 0 Å². The summed E-state index contributed by atoms with van der Waals surface area (Å²) in [6, 6.07) is 0.561. The first-order valence-electron chi connectivity index (χ1n) is 7.74. The fraction of sp³-hybridized carbons (Fsp3) is 0.375. The van der Waals surface area contributed by atoms with E-state index in [1.807, 2.05) is 0 Å². The van der Waals surface area contributed by atoms with Crippen LogP contribution in [0.25, 0.3) is 0 Å². The van der Waals surface area contributed by atoms with Gasteiger partial charge in [-0.1, -0.05) is 0 Å². The predicted molar refractivity (Wildman–Crippen MR) is 90.2 cm³/mol. The Kier molecular flexibility index (Phi) is 4.58. The number of thiophene rings is 1. The Bertz CT molecular complexity index is 854. The van der Waals surface area contributed by atoms with Crippen LogP contribution < -0.4 is 5.32 Å². The molecule has 0 aromatic carbocycles. The first-order chi connectivity index (χ1) is 11.9. The normalized spacial score (nSPS) is 14.0. The number of aryl methyl sites for hydroxylation is 1. The van der Waals surface area contributed by atoms with Crippen molar-refractivity contribution in [1.82, 2.24) is 9.78 Å². The summed E-state index contributed by atoms with van der Waals surface area (Å²) in [5, 5.41) is 16.2.